The first-order valence-corrected chi connectivity index (χ1v) is 14.4. The molecule has 0 heterocycles. The van der Waals surface area contributed by atoms with E-state index in [2.05, 4.69) is 18.7 Å². The fourth-order valence-electron chi connectivity index (χ4n) is 7.25. The number of carbonyl (C=O) groups is 3. The smallest absolute Gasteiger partial charge is 0.255 e. The predicted octanol–water partition coefficient (Wildman–Crippen LogP) is 2.34. The number of fused-ring (bicyclic) bond motifs is 3. The summed E-state index contributed by atoms with van der Waals surface area (Å²) >= 11 is 0. The summed E-state index contributed by atoms with van der Waals surface area (Å²) in [5, 5.41) is 45.6. The van der Waals surface area contributed by atoms with Crippen molar-refractivity contribution >= 4 is 23.2 Å². The highest BCUT2D eigenvalue weighted by Crippen LogP contribution is 2.54. The van der Waals surface area contributed by atoms with Crippen LogP contribution >= 0.6 is 0 Å². The van der Waals surface area contributed by atoms with Crippen LogP contribution in [0.3, 0.4) is 0 Å². The second-order valence-electron chi connectivity index (χ2n) is 12.7. The molecule has 0 spiro atoms. The Morgan fingerprint density at radius 2 is 1.75 bits per heavy atom. The van der Waals surface area contributed by atoms with Crippen molar-refractivity contribution in [1.29, 1.82) is 0 Å². The number of ether oxygens (including phenoxy) is 1. The van der Waals surface area contributed by atoms with Crippen LogP contribution in [0.1, 0.15) is 42.5 Å². The van der Waals surface area contributed by atoms with Crippen molar-refractivity contribution in [3.8, 4) is 11.5 Å². The van der Waals surface area contributed by atoms with E-state index in [9.17, 15) is 34.8 Å². The lowest BCUT2D eigenvalue weighted by molar-refractivity contribution is -0.153. The third-order valence-electron chi connectivity index (χ3n) is 9.79. The van der Waals surface area contributed by atoms with Gasteiger partial charge < -0.3 is 30.9 Å². The number of phenolic OH excluding ortho intramolecular Hbond substituents is 1. The van der Waals surface area contributed by atoms with Crippen LogP contribution in [-0.4, -0.2) is 87.6 Å². The van der Waals surface area contributed by atoms with Crippen molar-refractivity contribution in [3.05, 3.63) is 75.6 Å². The number of likely N-dealkylation sites (N-methyl/N-ethyl adjacent to an activating group) is 1. The molecule has 11 nitrogen and oxygen atoms in total. The zero-order chi connectivity index (χ0) is 32.5. The van der Waals surface area contributed by atoms with Crippen LogP contribution in [0.15, 0.2) is 53.3 Å². The molecule has 2 aromatic rings. The number of Topliss-reactive ketones (excluding diaryl/α,β-unsaturated/α-hetero) is 2. The van der Waals surface area contributed by atoms with Crippen LogP contribution in [0.4, 0.5) is 0 Å². The van der Waals surface area contributed by atoms with Gasteiger partial charge in [0.25, 0.3) is 5.91 Å². The van der Waals surface area contributed by atoms with Gasteiger partial charge in [-0.25, -0.2) is 0 Å². The Bertz CT molecular complexity index is 1630. The molecule has 5 rings (SSSR count). The van der Waals surface area contributed by atoms with E-state index in [0.29, 0.717) is 23.4 Å². The number of aromatic hydroxyl groups is 1. The van der Waals surface area contributed by atoms with Crippen molar-refractivity contribution in [2.75, 3.05) is 28.3 Å². The molecule has 0 bridgehead atoms. The van der Waals surface area contributed by atoms with Gasteiger partial charge in [0.05, 0.1) is 18.7 Å². The number of methoxy groups -OCH3 is 1. The normalized spacial score (nSPS) is 25.2. The molecule has 4 atom stereocenters. The maximum Gasteiger partial charge on any atom is 0.255 e. The quantitative estimate of drug-likeness (QED) is 0.295. The Morgan fingerprint density at radius 1 is 1.11 bits per heavy atom. The molecule has 11 heteroatoms. The highest BCUT2D eigenvalue weighted by Gasteiger charge is 2.64. The van der Waals surface area contributed by atoms with E-state index in [1.54, 1.807) is 14.1 Å². The van der Waals surface area contributed by atoms with Crippen molar-refractivity contribution in [1.82, 2.24) is 9.80 Å². The number of phenols is 1. The molecule has 0 saturated heterocycles. The average Bonchev–Trinajstić information content (AvgIpc) is 2.95. The zero-order valence-electron chi connectivity index (χ0n) is 25.7. The summed E-state index contributed by atoms with van der Waals surface area (Å²) in [6.07, 6.45) is 0.145. The molecule has 1 fully saturated rings. The Kier molecular flexibility index (Phi) is 7.64. The van der Waals surface area contributed by atoms with Crippen molar-refractivity contribution in [2.24, 2.45) is 17.6 Å². The number of aliphatic hydroxyl groups excluding tert-OH is 2. The summed E-state index contributed by atoms with van der Waals surface area (Å²) < 4.78 is 5.87. The minimum Gasteiger partial charge on any atom is -0.508 e. The summed E-state index contributed by atoms with van der Waals surface area (Å²) in [5.41, 5.74) is 3.50. The topological polar surface area (TPSA) is 174 Å². The van der Waals surface area contributed by atoms with Gasteiger partial charge in [0.2, 0.25) is 5.78 Å². The minimum atomic E-state index is -2.68. The third kappa shape index (κ3) is 4.41. The highest BCUT2D eigenvalue weighted by molar-refractivity contribution is 6.24. The van der Waals surface area contributed by atoms with Crippen LogP contribution in [0.25, 0.3) is 5.76 Å². The van der Waals surface area contributed by atoms with Crippen LogP contribution in [0, 0.1) is 11.8 Å². The predicted molar refractivity (Wildman–Crippen MR) is 162 cm³/mol. The Labute approximate surface area is 255 Å². The van der Waals surface area contributed by atoms with Gasteiger partial charge in [-0.15, -0.1) is 0 Å². The number of nitrogens with two attached hydrogens (primary N) is 1. The van der Waals surface area contributed by atoms with Gasteiger partial charge in [-0.1, -0.05) is 30.3 Å². The second-order valence-corrected chi connectivity index (χ2v) is 12.7. The molecule has 6 N–H and O–H groups in total. The number of nitrogens with zero attached hydrogens (tertiary/aromatic N) is 2. The van der Waals surface area contributed by atoms with Gasteiger partial charge >= 0.3 is 0 Å². The number of hydrogen-bond acceptors (Lipinski definition) is 10. The average molecular weight is 606 g/mol. The van der Waals surface area contributed by atoms with Crippen molar-refractivity contribution in [3.63, 3.8) is 0 Å². The first-order valence-electron chi connectivity index (χ1n) is 14.4. The van der Waals surface area contributed by atoms with E-state index < -0.39 is 58.0 Å². The Balaban J connectivity index is 1.63. The zero-order valence-corrected chi connectivity index (χ0v) is 25.7. The molecule has 3 aliphatic rings. The van der Waals surface area contributed by atoms with Gasteiger partial charge in [-0.05, 0) is 65.4 Å². The number of ketones is 2. The summed E-state index contributed by atoms with van der Waals surface area (Å²) in [6, 6.07) is 10.3. The fourth-order valence-corrected chi connectivity index (χ4v) is 7.25. The summed E-state index contributed by atoms with van der Waals surface area (Å²) in [6.45, 7) is 4.55. The molecular weight excluding hydrogens is 566 g/mol. The highest BCUT2D eigenvalue weighted by atomic mass is 16.5. The fraction of sp³-hybridized carbons (Fsp3) is 0.424. The van der Waals surface area contributed by atoms with E-state index >= 15 is 0 Å². The number of hydrogen-bond donors (Lipinski definition) is 5. The number of benzene rings is 2. The van der Waals surface area contributed by atoms with Crippen molar-refractivity contribution in [2.45, 2.75) is 50.4 Å². The largest absolute Gasteiger partial charge is 0.508 e. The molecule has 1 amide bonds. The van der Waals surface area contributed by atoms with Gasteiger partial charge in [-0.3, -0.25) is 24.2 Å². The molecule has 3 aliphatic carbocycles. The SMILES string of the molecule is COc1c(CN(C)C(C)(C)c2ccccc2)cc(O)c2c1C[C@H]1C[C@H]3[C@H](N(C)C)C(=O)C(C(N)=O)=C(O)[C@@]3(O)C(=O)C1=C2O. The number of amides is 1. The van der Waals surface area contributed by atoms with E-state index in [-0.39, 0.29) is 35.3 Å². The molecule has 234 valence electrons. The number of rotatable bonds is 7. The van der Waals surface area contributed by atoms with Crippen LogP contribution in [0.5, 0.6) is 11.5 Å². The summed E-state index contributed by atoms with van der Waals surface area (Å²) in [4.78, 5) is 43.1. The van der Waals surface area contributed by atoms with Gasteiger partial charge in [0, 0.05) is 34.7 Å². The first-order chi connectivity index (χ1) is 20.6. The monoisotopic (exact) mass is 605 g/mol. The summed E-state index contributed by atoms with van der Waals surface area (Å²) in [5.74, 6) is -6.48. The van der Waals surface area contributed by atoms with Crippen LogP contribution in [-0.2, 0) is 32.9 Å². The molecule has 2 aromatic carbocycles. The lowest BCUT2D eigenvalue weighted by Gasteiger charge is -2.50. The Hall–Kier alpha value is -4.19. The molecule has 0 aliphatic heterocycles. The Morgan fingerprint density at radius 3 is 2.32 bits per heavy atom. The molecular formula is C33H39N3O8. The lowest BCUT2D eigenvalue weighted by atomic mass is 9.57. The first kappa shape index (κ1) is 31.2. The van der Waals surface area contributed by atoms with E-state index in [1.807, 2.05) is 37.4 Å². The van der Waals surface area contributed by atoms with E-state index in [1.165, 1.54) is 18.1 Å². The summed E-state index contributed by atoms with van der Waals surface area (Å²) in [7, 11) is 6.58. The molecule has 0 unspecified atom stereocenters. The molecule has 0 radical (unpaired) electrons. The molecule has 0 aromatic heterocycles. The van der Waals surface area contributed by atoms with E-state index in [4.69, 9.17) is 10.5 Å². The maximum atomic E-state index is 14.0. The number of carbonyl (C=O) groups excluding carboxylic acids is 3. The lowest BCUT2D eigenvalue weighted by Crippen LogP contribution is -2.65. The number of primary amides is 1. The third-order valence-corrected chi connectivity index (χ3v) is 9.79. The molecule has 44 heavy (non-hydrogen) atoms. The van der Waals surface area contributed by atoms with Gasteiger partial charge in [0.15, 0.2) is 11.4 Å². The minimum absolute atomic E-state index is 0.000840. The van der Waals surface area contributed by atoms with E-state index in [0.717, 1.165) is 5.56 Å². The van der Waals surface area contributed by atoms with Gasteiger partial charge in [0.1, 0.15) is 28.6 Å². The van der Waals surface area contributed by atoms with Crippen LogP contribution < -0.4 is 10.5 Å². The number of aliphatic hydroxyl groups is 3. The second kappa shape index (κ2) is 10.8. The van der Waals surface area contributed by atoms with Crippen molar-refractivity contribution < 1.29 is 39.5 Å². The maximum absolute atomic E-state index is 14.0. The standard InChI is InChI=1S/C33H39N3O8/c1-32(2,18-10-8-7-9-11-18)36(5)15-17-14-21(37)23-19(28(17)44-6)12-16-13-20-25(35(3)4)27(39)24(31(34)42)30(41)33(20,43)29(40)22(16)26(23)38/h7-11,14,16,20,25,37-38,41,43H,12-13,15H2,1-6H3,(H2,34,42)/t16-,20-,25-,33-/m0/s1. The molecule has 1 saturated carbocycles. The van der Waals surface area contributed by atoms with Gasteiger partial charge in [-0.2, -0.15) is 0 Å². The van der Waals surface area contributed by atoms with Crippen LogP contribution in [0.2, 0.25) is 0 Å².